The van der Waals surface area contributed by atoms with Crippen LogP contribution in [0.5, 0.6) is 0 Å². The average Bonchev–Trinajstić information content (AvgIpc) is 2.47. The van der Waals surface area contributed by atoms with Gasteiger partial charge in [-0.3, -0.25) is 0 Å². The highest BCUT2D eigenvalue weighted by Crippen LogP contribution is 2.25. The Hall–Kier alpha value is -2.27. The third kappa shape index (κ3) is 2.53. The fraction of sp³-hybridized carbons (Fsp3) is 0.143. The number of anilines is 1. The molecule has 0 atom stereocenters. The summed E-state index contributed by atoms with van der Waals surface area (Å²) < 4.78 is 0. The zero-order chi connectivity index (χ0) is 13.9. The van der Waals surface area contributed by atoms with E-state index < -0.39 is 0 Å². The molecule has 0 fully saturated rings. The van der Waals surface area contributed by atoms with Crippen molar-refractivity contribution in [2.75, 3.05) is 5.32 Å². The topological polar surface area (TPSA) is 63.6 Å². The van der Waals surface area contributed by atoms with Crippen LogP contribution in [0.4, 0.5) is 5.82 Å². The molecule has 3 aromatic rings. The minimum atomic E-state index is 0.407. The Morgan fingerprint density at radius 3 is 2.70 bits per heavy atom. The van der Waals surface area contributed by atoms with Crippen LogP contribution < -0.4 is 5.32 Å². The molecule has 0 spiro atoms. The van der Waals surface area contributed by atoms with E-state index in [1.807, 2.05) is 37.3 Å². The number of hydrogen-bond acceptors (Lipinski definition) is 5. The summed E-state index contributed by atoms with van der Waals surface area (Å²) in [6.07, 6.45) is 1.74. The van der Waals surface area contributed by atoms with Crippen molar-refractivity contribution in [2.45, 2.75) is 13.5 Å². The zero-order valence-electron chi connectivity index (χ0n) is 10.8. The van der Waals surface area contributed by atoms with E-state index in [-0.39, 0.29) is 0 Å². The molecule has 0 unspecified atom stereocenters. The van der Waals surface area contributed by atoms with Crippen molar-refractivity contribution in [1.29, 1.82) is 0 Å². The summed E-state index contributed by atoms with van der Waals surface area (Å²) in [6, 6.07) is 9.62. The predicted molar refractivity (Wildman–Crippen MR) is 78.6 cm³/mol. The first-order valence-electron chi connectivity index (χ1n) is 6.17. The molecule has 0 amide bonds. The largest absolute Gasteiger partial charge is 0.362 e. The predicted octanol–water partition coefficient (Wildman–Crippen LogP) is 2.99. The van der Waals surface area contributed by atoms with Crippen LogP contribution in [0, 0.1) is 6.92 Å². The molecule has 2 aromatic heterocycles. The molecule has 0 bridgehead atoms. The average molecular weight is 286 g/mol. The Morgan fingerprint density at radius 2 is 1.90 bits per heavy atom. The maximum Gasteiger partial charge on any atom is 0.159 e. The number of hydrogen-bond donors (Lipinski definition) is 1. The summed E-state index contributed by atoms with van der Waals surface area (Å²) in [6.45, 7) is 2.42. The van der Waals surface area contributed by atoms with Gasteiger partial charge in [0, 0.05) is 17.0 Å². The van der Waals surface area contributed by atoms with Crippen LogP contribution in [0.15, 0.2) is 36.5 Å². The Labute approximate surface area is 121 Å². The van der Waals surface area contributed by atoms with Gasteiger partial charge in [-0.1, -0.05) is 35.9 Å². The molecular weight excluding hydrogens is 274 g/mol. The van der Waals surface area contributed by atoms with E-state index in [4.69, 9.17) is 11.6 Å². The van der Waals surface area contributed by atoms with Crippen LogP contribution in [0.1, 0.15) is 11.5 Å². The highest BCUT2D eigenvalue weighted by Gasteiger charge is 2.07. The first-order chi connectivity index (χ1) is 9.74. The van der Waals surface area contributed by atoms with Crippen LogP contribution in [0.3, 0.4) is 0 Å². The SMILES string of the molecule is Cc1nccc(CNc2nnc(Cl)c3ccccc23)n1. The monoisotopic (exact) mass is 285 g/mol. The summed E-state index contributed by atoms with van der Waals surface area (Å²) in [5, 5.41) is 13.5. The van der Waals surface area contributed by atoms with Gasteiger partial charge in [0.1, 0.15) is 5.82 Å². The Morgan fingerprint density at radius 1 is 1.10 bits per heavy atom. The summed E-state index contributed by atoms with van der Waals surface area (Å²) in [7, 11) is 0. The molecule has 0 saturated heterocycles. The maximum atomic E-state index is 6.04. The third-order valence-electron chi connectivity index (χ3n) is 2.91. The van der Waals surface area contributed by atoms with Gasteiger partial charge < -0.3 is 5.32 Å². The van der Waals surface area contributed by atoms with E-state index in [1.54, 1.807) is 6.20 Å². The summed E-state index contributed by atoms with van der Waals surface area (Å²) in [5.41, 5.74) is 0.901. The van der Waals surface area contributed by atoms with E-state index in [0.29, 0.717) is 17.5 Å². The lowest BCUT2D eigenvalue weighted by molar-refractivity contribution is 0.940. The maximum absolute atomic E-state index is 6.04. The van der Waals surface area contributed by atoms with Crippen molar-refractivity contribution in [3.63, 3.8) is 0 Å². The van der Waals surface area contributed by atoms with E-state index in [9.17, 15) is 0 Å². The van der Waals surface area contributed by atoms with Crippen LogP contribution in [-0.2, 0) is 6.54 Å². The number of rotatable bonds is 3. The highest BCUT2D eigenvalue weighted by molar-refractivity contribution is 6.34. The second kappa shape index (κ2) is 5.38. The molecule has 100 valence electrons. The minimum Gasteiger partial charge on any atom is -0.362 e. The van der Waals surface area contributed by atoms with Gasteiger partial charge in [-0.15, -0.1) is 10.2 Å². The van der Waals surface area contributed by atoms with E-state index in [2.05, 4.69) is 25.5 Å². The molecule has 0 radical (unpaired) electrons. The van der Waals surface area contributed by atoms with Gasteiger partial charge in [-0.2, -0.15) is 0 Å². The van der Waals surface area contributed by atoms with Crippen molar-refractivity contribution >= 4 is 28.2 Å². The molecule has 1 aromatic carbocycles. The van der Waals surface area contributed by atoms with Gasteiger partial charge in [0.25, 0.3) is 0 Å². The second-order valence-corrected chi connectivity index (χ2v) is 4.69. The number of aryl methyl sites for hydroxylation is 1. The Bertz CT molecular complexity index is 759. The number of benzene rings is 1. The first-order valence-corrected chi connectivity index (χ1v) is 6.55. The van der Waals surface area contributed by atoms with Crippen molar-refractivity contribution in [2.24, 2.45) is 0 Å². The van der Waals surface area contributed by atoms with E-state index in [1.165, 1.54) is 0 Å². The molecule has 0 aliphatic carbocycles. The van der Waals surface area contributed by atoms with Crippen LogP contribution in [0.2, 0.25) is 5.15 Å². The molecule has 0 saturated carbocycles. The summed E-state index contributed by atoms with van der Waals surface area (Å²) in [4.78, 5) is 8.41. The van der Waals surface area contributed by atoms with Gasteiger partial charge in [0.2, 0.25) is 0 Å². The molecule has 0 aliphatic heterocycles. The van der Waals surface area contributed by atoms with Gasteiger partial charge in [-0.05, 0) is 13.0 Å². The molecular formula is C14H12ClN5. The standard InChI is InChI=1S/C14H12ClN5/c1-9-16-7-6-10(18-9)8-17-14-12-5-3-2-4-11(12)13(15)19-20-14/h2-7H,8H2,1H3,(H,17,20). The zero-order valence-corrected chi connectivity index (χ0v) is 11.6. The number of nitrogens with one attached hydrogen (secondary N) is 1. The number of nitrogens with zero attached hydrogens (tertiary/aromatic N) is 4. The Balaban J connectivity index is 1.90. The fourth-order valence-corrected chi connectivity index (χ4v) is 2.18. The smallest absolute Gasteiger partial charge is 0.159 e. The van der Waals surface area contributed by atoms with Crippen molar-refractivity contribution in [3.8, 4) is 0 Å². The van der Waals surface area contributed by atoms with Gasteiger partial charge in [-0.25, -0.2) is 9.97 Å². The highest BCUT2D eigenvalue weighted by atomic mass is 35.5. The fourth-order valence-electron chi connectivity index (χ4n) is 1.98. The first kappa shape index (κ1) is 12.7. The molecule has 20 heavy (non-hydrogen) atoms. The van der Waals surface area contributed by atoms with Gasteiger partial charge >= 0.3 is 0 Å². The van der Waals surface area contributed by atoms with Crippen LogP contribution in [-0.4, -0.2) is 20.2 Å². The molecule has 6 heteroatoms. The van der Waals surface area contributed by atoms with Crippen molar-refractivity contribution in [3.05, 3.63) is 53.2 Å². The quantitative estimate of drug-likeness (QED) is 0.801. The van der Waals surface area contributed by atoms with Crippen molar-refractivity contribution in [1.82, 2.24) is 20.2 Å². The normalized spacial score (nSPS) is 10.7. The summed E-state index contributed by atoms with van der Waals surface area (Å²) in [5.74, 6) is 1.44. The third-order valence-corrected chi connectivity index (χ3v) is 3.19. The van der Waals surface area contributed by atoms with E-state index >= 15 is 0 Å². The number of aromatic nitrogens is 4. The molecule has 3 rings (SSSR count). The Kier molecular flexibility index (Phi) is 3.43. The lowest BCUT2D eigenvalue weighted by atomic mass is 10.2. The number of fused-ring (bicyclic) bond motifs is 1. The summed E-state index contributed by atoms with van der Waals surface area (Å²) >= 11 is 6.04. The van der Waals surface area contributed by atoms with Crippen LogP contribution >= 0.6 is 11.6 Å². The molecule has 2 heterocycles. The lowest BCUT2D eigenvalue weighted by Gasteiger charge is -2.08. The lowest BCUT2D eigenvalue weighted by Crippen LogP contribution is -2.06. The molecule has 1 N–H and O–H groups in total. The number of halogens is 1. The second-order valence-electron chi connectivity index (χ2n) is 4.33. The van der Waals surface area contributed by atoms with Gasteiger partial charge in [0.05, 0.1) is 12.2 Å². The van der Waals surface area contributed by atoms with E-state index in [0.717, 1.165) is 22.3 Å². The molecule has 0 aliphatic rings. The molecule has 5 nitrogen and oxygen atoms in total. The minimum absolute atomic E-state index is 0.407. The van der Waals surface area contributed by atoms with Crippen LogP contribution in [0.25, 0.3) is 10.8 Å². The van der Waals surface area contributed by atoms with Crippen molar-refractivity contribution < 1.29 is 0 Å². The van der Waals surface area contributed by atoms with Gasteiger partial charge in [0.15, 0.2) is 11.0 Å².